The van der Waals surface area contributed by atoms with Gasteiger partial charge >= 0.3 is 0 Å². The molecular formula is C18H19N7O2. The zero-order valence-corrected chi connectivity index (χ0v) is 14.9. The Balaban J connectivity index is 1.41. The number of aromatic amines is 1. The number of aryl methyl sites for hydroxylation is 1. The van der Waals surface area contributed by atoms with Gasteiger partial charge in [0.05, 0.1) is 19.1 Å². The smallest absolute Gasteiger partial charge is 0.253 e. The molecule has 1 fully saturated rings. The van der Waals surface area contributed by atoms with E-state index in [1.807, 2.05) is 17.0 Å². The van der Waals surface area contributed by atoms with Gasteiger partial charge in [0.2, 0.25) is 5.82 Å². The molecule has 3 aromatic rings. The van der Waals surface area contributed by atoms with Gasteiger partial charge in [0.15, 0.2) is 0 Å². The number of piperidine rings is 1. The van der Waals surface area contributed by atoms with E-state index in [4.69, 9.17) is 0 Å². The normalized spacial score (nSPS) is 15.1. The molecule has 9 heteroatoms. The van der Waals surface area contributed by atoms with Gasteiger partial charge in [-0.1, -0.05) is 12.1 Å². The first kappa shape index (κ1) is 17.1. The summed E-state index contributed by atoms with van der Waals surface area (Å²) in [4.78, 5) is 34.2. The molecule has 1 amide bonds. The number of aromatic nitrogens is 6. The van der Waals surface area contributed by atoms with E-state index in [1.54, 1.807) is 25.2 Å². The molecule has 9 nitrogen and oxygen atoms in total. The average molecular weight is 365 g/mol. The minimum atomic E-state index is -0.142. The van der Waals surface area contributed by atoms with Crippen LogP contribution in [0.25, 0.3) is 11.4 Å². The number of carbonyl (C=O) groups is 1. The zero-order valence-electron chi connectivity index (χ0n) is 14.9. The van der Waals surface area contributed by atoms with Crippen LogP contribution in [0.2, 0.25) is 0 Å². The lowest BCUT2D eigenvalue weighted by Gasteiger charge is -2.31. The molecule has 0 saturated carbocycles. The van der Waals surface area contributed by atoms with Crippen molar-refractivity contribution in [2.45, 2.75) is 18.8 Å². The molecule has 1 saturated heterocycles. The molecule has 0 atom stereocenters. The highest BCUT2D eigenvalue weighted by Gasteiger charge is 2.25. The lowest BCUT2D eigenvalue weighted by molar-refractivity contribution is 0.0712. The predicted octanol–water partition coefficient (Wildman–Crippen LogP) is 0.980. The molecule has 0 radical (unpaired) electrons. The first-order chi connectivity index (χ1) is 13.1. The Morgan fingerprint density at radius 3 is 2.56 bits per heavy atom. The van der Waals surface area contributed by atoms with Crippen LogP contribution in [0.4, 0.5) is 0 Å². The summed E-state index contributed by atoms with van der Waals surface area (Å²) in [6, 6.07) is 8.78. The molecule has 4 rings (SSSR count). The van der Waals surface area contributed by atoms with Gasteiger partial charge < -0.3 is 9.88 Å². The van der Waals surface area contributed by atoms with Crippen LogP contribution in [-0.4, -0.2) is 54.1 Å². The Bertz CT molecular complexity index is 1000. The van der Waals surface area contributed by atoms with Crippen molar-refractivity contribution in [2.75, 3.05) is 13.1 Å². The Morgan fingerprint density at radius 2 is 1.93 bits per heavy atom. The lowest BCUT2D eigenvalue weighted by Crippen LogP contribution is -2.38. The number of nitrogens with zero attached hydrogens (tertiary/aromatic N) is 6. The van der Waals surface area contributed by atoms with Crippen molar-refractivity contribution in [3.8, 4) is 11.4 Å². The van der Waals surface area contributed by atoms with Gasteiger partial charge in [-0.25, -0.2) is 4.98 Å². The maximum Gasteiger partial charge on any atom is 0.253 e. The van der Waals surface area contributed by atoms with Gasteiger partial charge in [-0.3, -0.25) is 9.59 Å². The molecule has 138 valence electrons. The summed E-state index contributed by atoms with van der Waals surface area (Å²) in [5, 5.41) is 11.9. The first-order valence-corrected chi connectivity index (χ1v) is 8.78. The average Bonchev–Trinajstić information content (AvgIpc) is 3.14. The van der Waals surface area contributed by atoms with E-state index in [0.29, 0.717) is 24.5 Å². The lowest BCUT2D eigenvalue weighted by atomic mass is 9.93. The summed E-state index contributed by atoms with van der Waals surface area (Å²) in [5.74, 6) is 0.745. The maximum atomic E-state index is 12.8. The van der Waals surface area contributed by atoms with Crippen molar-refractivity contribution in [2.24, 2.45) is 7.05 Å². The van der Waals surface area contributed by atoms with Gasteiger partial charge in [0.1, 0.15) is 0 Å². The molecule has 0 bridgehead atoms. The summed E-state index contributed by atoms with van der Waals surface area (Å²) in [7, 11) is 1.71. The fourth-order valence-electron chi connectivity index (χ4n) is 3.33. The van der Waals surface area contributed by atoms with Crippen molar-refractivity contribution in [1.29, 1.82) is 0 Å². The Labute approximate surface area is 155 Å². The van der Waals surface area contributed by atoms with Gasteiger partial charge in [-0.15, -0.1) is 10.2 Å². The number of carbonyl (C=O) groups excluding carboxylic acids is 1. The van der Waals surface area contributed by atoms with Crippen LogP contribution in [0.15, 0.2) is 41.5 Å². The van der Waals surface area contributed by atoms with Crippen LogP contribution >= 0.6 is 0 Å². The highest BCUT2D eigenvalue weighted by Crippen LogP contribution is 2.26. The molecule has 27 heavy (non-hydrogen) atoms. The number of hydrogen-bond donors (Lipinski definition) is 1. The number of benzene rings is 1. The first-order valence-electron chi connectivity index (χ1n) is 8.78. The summed E-state index contributed by atoms with van der Waals surface area (Å²) in [5.41, 5.74) is 2.11. The van der Waals surface area contributed by atoms with Crippen LogP contribution in [0, 0.1) is 0 Å². The molecule has 0 spiro atoms. The molecule has 1 aliphatic rings. The second-order valence-corrected chi connectivity index (χ2v) is 6.58. The van der Waals surface area contributed by atoms with Crippen LogP contribution in [0.5, 0.6) is 0 Å². The van der Waals surface area contributed by atoms with Crippen molar-refractivity contribution >= 4 is 5.91 Å². The number of H-pyrrole nitrogens is 1. The Kier molecular flexibility index (Phi) is 4.49. The van der Waals surface area contributed by atoms with Gasteiger partial charge in [0.25, 0.3) is 11.5 Å². The van der Waals surface area contributed by atoms with Crippen LogP contribution < -0.4 is 5.56 Å². The number of amides is 1. The topological polar surface area (TPSA) is 110 Å². The largest absolute Gasteiger partial charge is 0.339 e. The summed E-state index contributed by atoms with van der Waals surface area (Å²) in [6.45, 7) is 1.29. The maximum absolute atomic E-state index is 12.8. The number of likely N-dealkylation sites (tertiary alicyclic amines) is 1. The van der Waals surface area contributed by atoms with Crippen molar-refractivity contribution in [3.63, 3.8) is 0 Å². The number of rotatable bonds is 3. The van der Waals surface area contributed by atoms with E-state index in [1.165, 1.54) is 11.1 Å². The highest BCUT2D eigenvalue weighted by atomic mass is 16.2. The fraction of sp³-hybridized carbons (Fsp3) is 0.333. The highest BCUT2D eigenvalue weighted by molar-refractivity contribution is 5.94. The van der Waals surface area contributed by atoms with Crippen molar-refractivity contribution < 1.29 is 4.79 Å². The monoisotopic (exact) mass is 365 g/mol. The molecule has 0 unspecified atom stereocenters. The van der Waals surface area contributed by atoms with E-state index >= 15 is 0 Å². The minimum Gasteiger partial charge on any atom is -0.339 e. The van der Waals surface area contributed by atoms with Crippen LogP contribution in [-0.2, 0) is 7.05 Å². The van der Waals surface area contributed by atoms with Gasteiger partial charge in [-0.2, -0.15) is 4.80 Å². The summed E-state index contributed by atoms with van der Waals surface area (Å²) in [6.07, 6.45) is 3.02. The predicted molar refractivity (Wildman–Crippen MR) is 97.0 cm³/mol. The number of tetrazole rings is 1. The quantitative estimate of drug-likeness (QED) is 0.741. The van der Waals surface area contributed by atoms with Crippen molar-refractivity contribution in [3.05, 3.63) is 58.3 Å². The molecular weight excluding hydrogens is 346 g/mol. The van der Waals surface area contributed by atoms with Gasteiger partial charge in [-0.05, 0) is 30.2 Å². The van der Waals surface area contributed by atoms with Crippen LogP contribution in [0.1, 0.15) is 34.8 Å². The standard InChI is InChI=1S/C18H19N7O2/c1-24-22-17(21-23-24)13-2-4-14(5-3-13)18(27)25-8-6-12(7-9-25)15-10-16(26)20-11-19-15/h2-5,10-12H,6-9H2,1H3,(H,19,20,26). The number of hydrogen-bond acceptors (Lipinski definition) is 6. The zero-order chi connectivity index (χ0) is 18.8. The van der Waals surface area contributed by atoms with Gasteiger partial charge in [0, 0.05) is 36.2 Å². The Hall–Kier alpha value is -3.36. The van der Waals surface area contributed by atoms with E-state index in [9.17, 15) is 9.59 Å². The third-order valence-electron chi connectivity index (χ3n) is 4.80. The molecule has 3 heterocycles. The van der Waals surface area contributed by atoms with E-state index < -0.39 is 0 Å². The second kappa shape index (κ2) is 7.10. The number of nitrogens with one attached hydrogen (secondary N) is 1. The SMILES string of the molecule is Cn1nnc(-c2ccc(C(=O)N3CCC(c4cc(=O)[nH]cn4)CC3)cc2)n1. The molecule has 1 aromatic carbocycles. The summed E-state index contributed by atoms with van der Waals surface area (Å²) >= 11 is 0. The van der Waals surface area contributed by atoms with E-state index in [-0.39, 0.29) is 17.4 Å². The fourth-order valence-corrected chi connectivity index (χ4v) is 3.33. The summed E-state index contributed by atoms with van der Waals surface area (Å²) < 4.78 is 0. The van der Waals surface area contributed by atoms with E-state index in [0.717, 1.165) is 24.1 Å². The third kappa shape index (κ3) is 3.62. The molecule has 0 aliphatic carbocycles. The van der Waals surface area contributed by atoms with Crippen LogP contribution in [0.3, 0.4) is 0 Å². The molecule has 1 aliphatic heterocycles. The molecule has 2 aromatic heterocycles. The minimum absolute atomic E-state index is 0.00553. The van der Waals surface area contributed by atoms with Crippen molar-refractivity contribution in [1.82, 2.24) is 35.1 Å². The third-order valence-corrected chi connectivity index (χ3v) is 4.80. The van der Waals surface area contributed by atoms with E-state index in [2.05, 4.69) is 25.4 Å². The molecule has 1 N–H and O–H groups in total. The second-order valence-electron chi connectivity index (χ2n) is 6.58. The Morgan fingerprint density at radius 1 is 1.19 bits per heavy atom.